The van der Waals surface area contributed by atoms with Crippen molar-refractivity contribution in [2.75, 3.05) is 0 Å². The van der Waals surface area contributed by atoms with Crippen molar-refractivity contribution in [2.24, 2.45) is 7.05 Å². The third-order valence-electron chi connectivity index (χ3n) is 3.12. The monoisotopic (exact) mass is 246 g/mol. The highest BCUT2D eigenvalue weighted by Crippen LogP contribution is 2.10. The highest BCUT2D eigenvalue weighted by Gasteiger charge is 2.14. The van der Waals surface area contributed by atoms with Crippen LogP contribution in [0.25, 0.3) is 0 Å². The number of hydrogen-bond acceptors (Lipinski definition) is 3. The Bertz CT molecular complexity index is 541. The molecule has 2 heterocycles. The van der Waals surface area contributed by atoms with Gasteiger partial charge in [0.1, 0.15) is 0 Å². The summed E-state index contributed by atoms with van der Waals surface area (Å²) in [5.74, 6) is 0.477. The summed E-state index contributed by atoms with van der Waals surface area (Å²) in [7, 11) is 1.82. The molecule has 0 aromatic carbocycles. The van der Waals surface area contributed by atoms with Crippen molar-refractivity contribution in [2.45, 2.75) is 32.7 Å². The first-order valence-corrected chi connectivity index (χ1v) is 6.16. The molecule has 0 aliphatic rings. The Hall–Kier alpha value is -1.91. The number of ketones is 1. The average molecular weight is 246 g/mol. The molecule has 18 heavy (non-hydrogen) atoms. The summed E-state index contributed by atoms with van der Waals surface area (Å²) in [4.78, 5) is 16.1. The molecule has 0 amide bonds. The molecule has 0 fully saturated rings. The van der Waals surface area contributed by atoms with Crippen LogP contribution in [0.5, 0.6) is 0 Å². The summed E-state index contributed by atoms with van der Waals surface area (Å²) in [6.45, 7) is 4.22. The van der Waals surface area contributed by atoms with Crippen LogP contribution in [-0.2, 0) is 13.5 Å². The molecule has 2 aromatic heterocycles. The van der Waals surface area contributed by atoms with E-state index in [1.54, 1.807) is 17.0 Å². The summed E-state index contributed by atoms with van der Waals surface area (Å²) in [6.07, 6.45) is 6.65. The minimum Gasteiger partial charge on any atom is -0.332 e. The second-order valence-electron chi connectivity index (χ2n) is 4.51. The van der Waals surface area contributed by atoms with Gasteiger partial charge in [-0.3, -0.25) is 9.48 Å². The van der Waals surface area contributed by atoms with Crippen molar-refractivity contribution < 1.29 is 4.79 Å². The fourth-order valence-corrected chi connectivity index (χ4v) is 1.78. The minimum atomic E-state index is -0.00287. The predicted octanol–water partition coefficient (Wildman–Crippen LogP) is 2.01. The molecule has 5 nitrogen and oxygen atoms in total. The van der Waals surface area contributed by atoms with Crippen LogP contribution >= 0.6 is 0 Å². The van der Waals surface area contributed by atoms with Gasteiger partial charge >= 0.3 is 0 Å². The molecular formula is C13H18N4O. The first-order valence-electron chi connectivity index (χ1n) is 6.16. The lowest BCUT2D eigenvalue weighted by Crippen LogP contribution is -2.11. The standard InChI is InChI=1S/C13H18N4O/c1-4-10(2)17-7-5-11(15-17)9-12(18)13-14-6-8-16(13)3/h5-8,10H,4,9H2,1-3H3. The van der Waals surface area contributed by atoms with Gasteiger partial charge in [0.25, 0.3) is 0 Å². The van der Waals surface area contributed by atoms with Gasteiger partial charge in [0.2, 0.25) is 5.78 Å². The first kappa shape index (κ1) is 12.5. The normalized spacial score (nSPS) is 12.6. The van der Waals surface area contributed by atoms with E-state index in [2.05, 4.69) is 23.9 Å². The highest BCUT2D eigenvalue weighted by molar-refractivity contribution is 5.94. The molecule has 0 saturated heterocycles. The number of carbonyl (C=O) groups is 1. The Balaban J connectivity index is 2.08. The number of nitrogens with zero attached hydrogens (tertiary/aromatic N) is 4. The van der Waals surface area contributed by atoms with Crippen LogP contribution < -0.4 is 0 Å². The lowest BCUT2D eigenvalue weighted by Gasteiger charge is -2.07. The number of imidazole rings is 1. The van der Waals surface area contributed by atoms with Crippen molar-refractivity contribution >= 4 is 5.78 Å². The largest absolute Gasteiger partial charge is 0.332 e. The number of aryl methyl sites for hydroxylation is 1. The van der Waals surface area contributed by atoms with E-state index in [0.717, 1.165) is 12.1 Å². The molecule has 5 heteroatoms. The molecule has 2 rings (SSSR count). The molecule has 96 valence electrons. The Morgan fingerprint density at radius 3 is 2.83 bits per heavy atom. The van der Waals surface area contributed by atoms with Crippen molar-refractivity contribution in [3.05, 3.63) is 36.2 Å². The van der Waals surface area contributed by atoms with Gasteiger partial charge in [-0.2, -0.15) is 5.10 Å². The van der Waals surface area contributed by atoms with E-state index in [1.807, 2.05) is 24.0 Å². The number of hydrogen-bond donors (Lipinski definition) is 0. The van der Waals surface area contributed by atoms with Gasteiger partial charge in [0, 0.05) is 31.7 Å². The zero-order valence-electron chi connectivity index (χ0n) is 11.0. The minimum absolute atomic E-state index is 0.00287. The average Bonchev–Trinajstić information content (AvgIpc) is 2.97. The van der Waals surface area contributed by atoms with Gasteiger partial charge in [-0.15, -0.1) is 0 Å². The number of Topliss-reactive ketones (excluding diaryl/α,β-unsaturated/α-hetero) is 1. The van der Waals surface area contributed by atoms with E-state index in [-0.39, 0.29) is 5.78 Å². The summed E-state index contributed by atoms with van der Waals surface area (Å²) in [5, 5.41) is 4.42. The third kappa shape index (κ3) is 2.50. The van der Waals surface area contributed by atoms with Gasteiger partial charge < -0.3 is 4.57 Å². The van der Waals surface area contributed by atoms with Gasteiger partial charge in [-0.05, 0) is 19.4 Å². The van der Waals surface area contributed by atoms with E-state index in [9.17, 15) is 4.79 Å². The predicted molar refractivity (Wildman–Crippen MR) is 68.5 cm³/mol. The molecule has 0 radical (unpaired) electrons. The molecule has 0 spiro atoms. The van der Waals surface area contributed by atoms with Gasteiger partial charge in [0.15, 0.2) is 5.82 Å². The maximum Gasteiger partial charge on any atom is 0.204 e. The summed E-state index contributed by atoms with van der Waals surface area (Å²) >= 11 is 0. The maximum absolute atomic E-state index is 12.0. The van der Waals surface area contributed by atoms with Crippen LogP contribution in [-0.4, -0.2) is 25.1 Å². The fraction of sp³-hybridized carbons (Fsp3) is 0.462. The van der Waals surface area contributed by atoms with Crippen molar-refractivity contribution in [1.29, 1.82) is 0 Å². The molecule has 0 aliphatic carbocycles. The van der Waals surface area contributed by atoms with Gasteiger partial charge in [-0.25, -0.2) is 4.98 Å². The van der Waals surface area contributed by atoms with Gasteiger partial charge in [-0.1, -0.05) is 6.92 Å². The molecule has 1 atom stereocenters. The highest BCUT2D eigenvalue weighted by atomic mass is 16.1. The Labute approximate surface area is 106 Å². The molecule has 2 aromatic rings. The van der Waals surface area contributed by atoms with Crippen molar-refractivity contribution in [1.82, 2.24) is 19.3 Å². The Kier molecular flexibility index (Phi) is 3.60. The molecule has 0 bridgehead atoms. The van der Waals surface area contributed by atoms with Crippen molar-refractivity contribution in [3.63, 3.8) is 0 Å². The Morgan fingerprint density at radius 2 is 2.22 bits per heavy atom. The molecule has 0 saturated carbocycles. The summed E-state index contributed by atoms with van der Waals surface area (Å²) in [6, 6.07) is 2.26. The molecule has 0 aliphatic heterocycles. The van der Waals surface area contributed by atoms with Crippen LogP contribution in [0.2, 0.25) is 0 Å². The van der Waals surface area contributed by atoms with Crippen LogP contribution in [0.1, 0.15) is 42.6 Å². The van der Waals surface area contributed by atoms with Crippen LogP contribution in [0.15, 0.2) is 24.7 Å². The molecular weight excluding hydrogens is 228 g/mol. The van der Waals surface area contributed by atoms with E-state index in [4.69, 9.17) is 0 Å². The van der Waals surface area contributed by atoms with Crippen LogP contribution in [0, 0.1) is 0 Å². The molecule has 1 unspecified atom stereocenters. The van der Waals surface area contributed by atoms with Crippen LogP contribution in [0.3, 0.4) is 0 Å². The lowest BCUT2D eigenvalue weighted by molar-refractivity contribution is 0.0979. The second kappa shape index (κ2) is 5.16. The maximum atomic E-state index is 12.0. The van der Waals surface area contributed by atoms with E-state index < -0.39 is 0 Å². The SMILES string of the molecule is CCC(C)n1ccc(CC(=O)c2nccn2C)n1. The second-order valence-corrected chi connectivity index (χ2v) is 4.51. The number of rotatable bonds is 5. The van der Waals surface area contributed by atoms with E-state index in [1.165, 1.54) is 0 Å². The van der Waals surface area contributed by atoms with Crippen LogP contribution in [0.4, 0.5) is 0 Å². The quantitative estimate of drug-likeness (QED) is 0.758. The summed E-state index contributed by atoms with van der Waals surface area (Å²) in [5.41, 5.74) is 0.795. The van der Waals surface area contributed by atoms with E-state index in [0.29, 0.717) is 18.3 Å². The van der Waals surface area contributed by atoms with E-state index >= 15 is 0 Å². The topological polar surface area (TPSA) is 52.7 Å². The summed E-state index contributed by atoms with van der Waals surface area (Å²) < 4.78 is 3.63. The zero-order valence-corrected chi connectivity index (χ0v) is 11.0. The number of carbonyl (C=O) groups excluding carboxylic acids is 1. The Morgan fingerprint density at radius 1 is 1.44 bits per heavy atom. The first-order chi connectivity index (χ1) is 8.61. The number of aromatic nitrogens is 4. The smallest absolute Gasteiger partial charge is 0.204 e. The lowest BCUT2D eigenvalue weighted by atomic mass is 10.2. The van der Waals surface area contributed by atoms with Crippen molar-refractivity contribution in [3.8, 4) is 0 Å². The fourth-order valence-electron chi connectivity index (χ4n) is 1.78. The third-order valence-corrected chi connectivity index (χ3v) is 3.12. The zero-order chi connectivity index (χ0) is 13.1. The van der Waals surface area contributed by atoms with Gasteiger partial charge in [0.05, 0.1) is 12.1 Å². The molecule has 0 N–H and O–H groups in total.